The Kier molecular flexibility index (Phi) is 4.15. The molecular weight excluding hydrogens is 176 g/mol. The van der Waals surface area contributed by atoms with E-state index in [0.717, 1.165) is 11.8 Å². The topological polar surface area (TPSA) is 0 Å². The fourth-order valence-electron chi connectivity index (χ4n) is 2.49. The molecule has 0 bridgehead atoms. The van der Waals surface area contributed by atoms with Gasteiger partial charge in [-0.15, -0.1) is 0 Å². The Balaban J connectivity index is 2.63. The molecule has 1 aliphatic heterocycles. The van der Waals surface area contributed by atoms with Gasteiger partial charge in [0.2, 0.25) is 0 Å². The molecule has 0 aromatic rings. The molecule has 0 radical (unpaired) electrons. The summed E-state index contributed by atoms with van der Waals surface area (Å²) >= 11 is 2.16. The highest BCUT2D eigenvalue weighted by Crippen LogP contribution is 2.43. The molecule has 78 valence electrons. The van der Waals surface area contributed by atoms with Gasteiger partial charge in [-0.1, -0.05) is 40.5 Å². The maximum Gasteiger partial charge on any atom is -0.00364 e. The third kappa shape index (κ3) is 2.65. The van der Waals surface area contributed by atoms with Crippen molar-refractivity contribution in [1.29, 1.82) is 0 Å². The van der Waals surface area contributed by atoms with Gasteiger partial charge in [0.15, 0.2) is 0 Å². The second kappa shape index (κ2) is 4.72. The molecular formula is C12H24S. The lowest BCUT2D eigenvalue weighted by Crippen LogP contribution is -2.34. The Hall–Kier alpha value is 0.350. The van der Waals surface area contributed by atoms with Crippen molar-refractivity contribution >= 4 is 11.8 Å². The zero-order valence-corrected chi connectivity index (χ0v) is 10.4. The second-order valence-electron chi connectivity index (χ2n) is 4.98. The lowest BCUT2D eigenvalue weighted by Gasteiger charge is -2.41. The van der Waals surface area contributed by atoms with Crippen LogP contribution in [-0.4, -0.2) is 11.5 Å². The van der Waals surface area contributed by atoms with Crippen LogP contribution >= 0.6 is 11.8 Å². The van der Waals surface area contributed by atoms with Gasteiger partial charge in [-0.2, -0.15) is 11.8 Å². The summed E-state index contributed by atoms with van der Waals surface area (Å²) in [6.45, 7) is 9.61. The van der Waals surface area contributed by atoms with E-state index in [4.69, 9.17) is 0 Å². The molecule has 0 aliphatic carbocycles. The van der Waals surface area contributed by atoms with Crippen LogP contribution in [0.5, 0.6) is 0 Å². The summed E-state index contributed by atoms with van der Waals surface area (Å²) in [6, 6.07) is 0. The molecule has 0 aromatic carbocycles. The van der Waals surface area contributed by atoms with E-state index < -0.39 is 0 Å². The highest BCUT2D eigenvalue weighted by atomic mass is 32.2. The maximum atomic E-state index is 2.45. The minimum Gasteiger partial charge on any atom is -0.162 e. The van der Waals surface area contributed by atoms with Crippen molar-refractivity contribution in [1.82, 2.24) is 0 Å². The summed E-state index contributed by atoms with van der Waals surface area (Å²) < 4.78 is 0. The van der Waals surface area contributed by atoms with Crippen molar-refractivity contribution in [3.8, 4) is 0 Å². The maximum absolute atomic E-state index is 2.45. The molecule has 0 N–H and O–H groups in total. The van der Waals surface area contributed by atoms with Gasteiger partial charge in [-0.05, 0) is 35.2 Å². The monoisotopic (exact) mass is 200 g/mol. The summed E-state index contributed by atoms with van der Waals surface area (Å²) in [7, 11) is 0. The van der Waals surface area contributed by atoms with E-state index in [-0.39, 0.29) is 0 Å². The van der Waals surface area contributed by atoms with Crippen molar-refractivity contribution in [2.75, 3.05) is 11.5 Å². The van der Waals surface area contributed by atoms with Gasteiger partial charge < -0.3 is 0 Å². The highest BCUT2D eigenvalue weighted by Gasteiger charge is 2.34. The molecule has 1 saturated heterocycles. The van der Waals surface area contributed by atoms with Gasteiger partial charge in [0.1, 0.15) is 0 Å². The van der Waals surface area contributed by atoms with Gasteiger partial charge in [0, 0.05) is 0 Å². The Morgan fingerprint density at radius 1 is 1.31 bits per heavy atom. The first-order valence-corrected chi connectivity index (χ1v) is 6.85. The van der Waals surface area contributed by atoms with Gasteiger partial charge in [-0.25, -0.2) is 0 Å². The lowest BCUT2D eigenvalue weighted by molar-refractivity contribution is 0.132. The van der Waals surface area contributed by atoms with Crippen molar-refractivity contribution in [2.45, 2.75) is 47.0 Å². The van der Waals surface area contributed by atoms with E-state index in [9.17, 15) is 0 Å². The molecule has 0 amide bonds. The standard InChI is InChI=1S/C12H24S/c1-5-10-9-13-8-7-11(10)12(3,4)6-2/h10-11H,5-9H2,1-4H3. The molecule has 1 fully saturated rings. The molecule has 2 atom stereocenters. The van der Waals surface area contributed by atoms with Gasteiger partial charge in [0.25, 0.3) is 0 Å². The summed E-state index contributed by atoms with van der Waals surface area (Å²) in [5, 5.41) is 0. The average molecular weight is 200 g/mol. The Bertz CT molecular complexity index is 151. The van der Waals surface area contributed by atoms with Crippen LogP contribution in [0.2, 0.25) is 0 Å². The zero-order valence-electron chi connectivity index (χ0n) is 9.60. The summed E-state index contributed by atoms with van der Waals surface area (Å²) in [6.07, 6.45) is 4.16. The lowest BCUT2D eigenvalue weighted by atomic mass is 9.68. The molecule has 1 aliphatic rings. The third-order valence-electron chi connectivity index (χ3n) is 3.91. The Morgan fingerprint density at radius 3 is 2.54 bits per heavy atom. The predicted molar refractivity (Wildman–Crippen MR) is 63.3 cm³/mol. The van der Waals surface area contributed by atoms with Crippen LogP contribution in [0.25, 0.3) is 0 Å². The molecule has 1 rings (SSSR count). The number of thioether (sulfide) groups is 1. The first-order valence-electron chi connectivity index (χ1n) is 5.69. The fraction of sp³-hybridized carbons (Fsp3) is 1.00. The normalized spacial score (nSPS) is 30.5. The molecule has 0 saturated carbocycles. The SMILES string of the molecule is CCC1CSCCC1C(C)(C)CC. The van der Waals surface area contributed by atoms with Crippen molar-refractivity contribution in [3.63, 3.8) is 0 Å². The van der Waals surface area contributed by atoms with Gasteiger partial charge in [0.05, 0.1) is 0 Å². The van der Waals surface area contributed by atoms with Crippen molar-refractivity contribution in [3.05, 3.63) is 0 Å². The van der Waals surface area contributed by atoms with Crippen LogP contribution in [0.1, 0.15) is 47.0 Å². The summed E-state index contributed by atoms with van der Waals surface area (Å²) in [5.74, 6) is 4.76. The summed E-state index contributed by atoms with van der Waals surface area (Å²) in [5.41, 5.74) is 0.571. The molecule has 0 spiro atoms. The van der Waals surface area contributed by atoms with E-state index in [1.807, 2.05) is 0 Å². The van der Waals surface area contributed by atoms with Crippen molar-refractivity contribution in [2.24, 2.45) is 17.3 Å². The first-order chi connectivity index (χ1) is 6.11. The van der Waals surface area contributed by atoms with Crippen molar-refractivity contribution < 1.29 is 0 Å². The minimum absolute atomic E-state index is 0.571. The van der Waals surface area contributed by atoms with Crippen LogP contribution in [-0.2, 0) is 0 Å². The Labute approximate surface area is 87.9 Å². The zero-order chi connectivity index (χ0) is 9.90. The molecule has 2 unspecified atom stereocenters. The van der Waals surface area contributed by atoms with Crippen LogP contribution in [0.15, 0.2) is 0 Å². The van der Waals surface area contributed by atoms with Crippen LogP contribution in [0, 0.1) is 17.3 Å². The van der Waals surface area contributed by atoms with Gasteiger partial charge in [-0.3, -0.25) is 0 Å². The largest absolute Gasteiger partial charge is 0.162 e. The van der Waals surface area contributed by atoms with E-state index >= 15 is 0 Å². The third-order valence-corrected chi connectivity index (χ3v) is 5.10. The smallest absolute Gasteiger partial charge is 0.00364 e. The fourth-order valence-corrected chi connectivity index (χ4v) is 3.85. The summed E-state index contributed by atoms with van der Waals surface area (Å²) in [4.78, 5) is 0. The molecule has 0 aromatic heterocycles. The van der Waals surface area contributed by atoms with E-state index in [1.54, 1.807) is 0 Å². The number of hydrogen-bond acceptors (Lipinski definition) is 1. The number of rotatable bonds is 3. The van der Waals surface area contributed by atoms with Crippen LogP contribution < -0.4 is 0 Å². The molecule has 1 heterocycles. The van der Waals surface area contributed by atoms with E-state index in [2.05, 4.69) is 39.5 Å². The van der Waals surface area contributed by atoms with Gasteiger partial charge >= 0.3 is 0 Å². The minimum atomic E-state index is 0.571. The highest BCUT2D eigenvalue weighted by molar-refractivity contribution is 7.99. The second-order valence-corrected chi connectivity index (χ2v) is 6.13. The van der Waals surface area contributed by atoms with E-state index in [1.165, 1.54) is 30.8 Å². The number of hydrogen-bond donors (Lipinski definition) is 0. The van der Waals surface area contributed by atoms with E-state index in [0.29, 0.717) is 5.41 Å². The van der Waals surface area contributed by atoms with Crippen LogP contribution in [0.4, 0.5) is 0 Å². The quantitative estimate of drug-likeness (QED) is 0.658. The Morgan fingerprint density at radius 2 is 2.00 bits per heavy atom. The predicted octanol–water partition coefficient (Wildman–Crippen LogP) is 4.20. The molecule has 1 heteroatoms. The van der Waals surface area contributed by atoms with Crippen LogP contribution in [0.3, 0.4) is 0 Å². The molecule has 0 nitrogen and oxygen atoms in total. The average Bonchev–Trinajstić information content (AvgIpc) is 2.18. The first kappa shape index (κ1) is 11.4. The molecule has 13 heavy (non-hydrogen) atoms.